The number of halogens is 6. The molecule has 2 aromatic carbocycles. The summed E-state index contributed by atoms with van der Waals surface area (Å²) in [7, 11) is 3.07. The zero-order valence-electron chi connectivity index (χ0n) is 30.6. The molecule has 7 nitrogen and oxygen atoms in total. The third-order valence-corrected chi connectivity index (χ3v) is 8.35. The number of nitrogens with zero attached hydrogens (tertiary/aromatic N) is 5. The van der Waals surface area contributed by atoms with Gasteiger partial charge in [-0.1, -0.05) is 75.8 Å². The molecule has 1 aliphatic rings. The molecule has 0 N–H and O–H groups in total. The molecule has 0 aliphatic carbocycles. The predicted octanol–water partition coefficient (Wildman–Crippen LogP) is 10.3. The highest BCUT2D eigenvalue weighted by molar-refractivity contribution is 5.89. The van der Waals surface area contributed by atoms with E-state index in [0.717, 1.165) is 42.5 Å². The molecule has 2 unspecified atom stereocenters. The van der Waals surface area contributed by atoms with Crippen LogP contribution < -0.4 is 4.90 Å². The highest BCUT2D eigenvalue weighted by atomic mass is 19.4. The van der Waals surface area contributed by atoms with Crippen LogP contribution in [0.15, 0.2) is 72.4 Å². The van der Waals surface area contributed by atoms with Crippen molar-refractivity contribution in [1.29, 1.82) is 0 Å². The monoisotopic (exact) mass is 721 g/mol. The van der Waals surface area contributed by atoms with Gasteiger partial charge in [0, 0.05) is 18.8 Å². The van der Waals surface area contributed by atoms with Gasteiger partial charge in [0.05, 0.1) is 30.9 Å². The Morgan fingerprint density at radius 1 is 1.10 bits per heavy atom. The van der Waals surface area contributed by atoms with Crippen molar-refractivity contribution in [1.82, 2.24) is 20.2 Å². The second kappa shape index (κ2) is 19.8. The van der Waals surface area contributed by atoms with E-state index >= 15 is 0 Å². The number of aryl methyl sites for hydroxylation is 3. The normalized spacial score (nSPS) is 15.8. The van der Waals surface area contributed by atoms with Gasteiger partial charge in [-0.3, -0.25) is 0 Å². The van der Waals surface area contributed by atoms with Crippen molar-refractivity contribution in [2.24, 2.45) is 13.0 Å². The minimum Gasteiger partial charge on any atom is -0.465 e. The third-order valence-electron chi connectivity index (χ3n) is 8.35. The number of fused-ring (bicyclic) bond motifs is 1. The number of carbonyl (C=O) groups excluding carboxylic acids is 1. The molecule has 13 heteroatoms. The van der Waals surface area contributed by atoms with E-state index in [0.29, 0.717) is 42.5 Å². The van der Waals surface area contributed by atoms with Gasteiger partial charge in [0.2, 0.25) is 0 Å². The quantitative estimate of drug-likeness (QED) is 0.131. The molecule has 0 saturated carbocycles. The number of aromatic nitrogens is 4. The molecule has 0 spiro atoms. The van der Waals surface area contributed by atoms with Crippen LogP contribution in [0.2, 0.25) is 0 Å². The van der Waals surface area contributed by atoms with Crippen molar-refractivity contribution in [3.05, 3.63) is 106 Å². The van der Waals surface area contributed by atoms with Gasteiger partial charge in [0.1, 0.15) is 0 Å². The summed E-state index contributed by atoms with van der Waals surface area (Å²) in [5, 5.41) is 11.0. The van der Waals surface area contributed by atoms with Crippen LogP contribution in [0, 0.1) is 19.8 Å². The van der Waals surface area contributed by atoms with E-state index in [1.807, 2.05) is 11.0 Å². The standard InChI is InChI=1S/C25H30F3NO2.C10H13F3.C3H6N4/c1-5-16(2)20-10-7-11-29(15-18-8-6-9-19(13-18)24(30)31-4)23-14-22(25(26,27)28)17(3)12-21(20)23;1-3-5-7-9(8-6-4-2)10(11,12)13;1-3-4-6-7(2)5-3/h6,8-9,12-14,16,20H,5,7,10-11,15H2,1-4H3;3,5-8H,4H2,1-2H3;1-2H3/b;5-3-,8-6+,9-7+;. The molecule has 2 atom stereocenters. The first-order chi connectivity index (χ1) is 24.0. The predicted molar refractivity (Wildman–Crippen MR) is 188 cm³/mol. The maximum absolute atomic E-state index is 13.7. The molecule has 0 saturated heterocycles. The molecule has 0 bridgehead atoms. The lowest BCUT2D eigenvalue weighted by Crippen LogP contribution is -2.25. The van der Waals surface area contributed by atoms with Crippen molar-refractivity contribution in [3.63, 3.8) is 0 Å². The SMILES string of the molecule is CCC(C)C1CCCN(Cc2cccc(C(=O)OC)c2)c2cc(C(F)(F)F)c(C)cc21.C\C=C/C=C(\C=C\CC)C(F)(F)F.Cc1nnn(C)n1. The molecular weight excluding hydrogens is 672 g/mol. The Hall–Kier alpha value is -4.42. The summed E-state index contributed by atoms with van der Waals surface area (Å²) >= 11 is 0. The summed E-state index contributed by atoms with van der Waals surface area (Å²) in [4.78, 5) is 15.4. The molecule has 0 amide bonds. The van der Waals surface area contributed by atoms with Crippen LogP contribution in [0.4, 0.5) is 32.0 Å². The highest BCUT2D eigenvalue weighted by Crippen LogP contribution is 2.44. The number of carbonyl (C=O) groups is 1. The minimum absolute atomic E-state index is 0.229. The minimum atomic E-state index is -4.40. The fraction of sp³-hybridized carbons (Fsp3) is 0.474. The number of benzene rings is 2. The average Bonchev–Trinajstić information content (AvgIpc) is 3.37. The van der Waals surface area contributed by atoms with E-state index in [-0.39, 0.29) is 11.5 Å². The Labute approximate surface area is 297 Å². The average molecular weight is 722 g/mol. The van der Waals surface area contributed by atoms with Crippen molar-refractivity contribution >= 4 is 11.7 Å². The molecule has 4 rings (SSSR count). The number of hydrogen-bond donors (Lipinski definition) is 0. The van der Waals surface area contributed by atoms with Crippen LogP contribution in [0.5, 0.6) is 0 Å². The van der Waals surface area contributed by atoms with E-state index in [1.54, 1.807) is 65.1 Å². The van der Waals surface area contributed by atoms with E-state index in [1.165, 1.54) is 30.1 Å². The molecule has 0 fully saturated rings. The van der Waals surface area contributed by atoms with E-state index in [4.69, 9.17) is 4.74 Å². The smallest absolute Gasteiger partial charge is 0.416 e. The van der Waals surface area contributed by atoms with Crippen LogP contribution >= 0.6 is 0 Å². The second-order valence-corrected chi connectivity index (χ2v) is 12.3. The van der Waals surface area contributed by atoms with Crippen molar-refractivity contribution in [2.75, 3.05) is 18.6 Å². The lowest BCUT2D eigenvalue weighted by atomic mass is 9.81. The summed E-state index contributed by atoms with van der Waals surface area (Å²) in [5.74, 6) is 0.900. The van der Waals surface area contributed by atoms with Gasteiger partial charge in [0.25, 0.3) is 0 Å². The van der Waals surface area contributed by atoms with Crippen LogP contribution in [-0.2, 0) is 24.5 Å². The number of alkyl halides is 6. The number of esters is 1. The summed E-state index contributed by atoms with van der Waals surface area (Å²) in [6.45, 7) is 12.2. The zero-order chi connectivity index (χ0) is 38.4. The summed E-state index contributed by atoms with van der Waals surface area (Å²) < 4.78 is 82.6. The van der Waals surface area contributed by atoms with Crippen molar-refractivity contribution in [3.8, 4) is 0 Å². The van der Waals surface area contributed by atoms with Crippen molar-refractivity contribution in [2.45, 2.75) is 92.0 Å². The number of ether oxygens (including phenoxy) is 1. The molecule has 0 radical (unpaired) electrons. The third kappa shape index (κ3) is 13.3. The molecule has 2 heterocycles. The lowest BCUT2D eigenvalue weighted by molar-refractivity contribution is -0.138. The Kier molecular flexibility index (Phi) is 16.6. The zero-order valence-corrected chi connectivity index (χ0v) is 30.6. The molecule has 1 aliphatic heterocycles. The van der Waals surface area contributed by atoms with E-state index in [2.05, 4.69) is 29.3 Å². The number of rotatable bonds is 8. The first-order valence-corrected chi connectivity index (χ1v) is 16.9. The van der Waals surface area contributed by atoms with Gasteiger partial charge < -0.3 is 9.64 Å². The van der Waals surface area contributed by atoms with Gasteiger partial charge in [-0.05, 0) is 92.0 Å². The number of methoxy groups -OCH3 is 1. The highest BCUT2D eigenvalue weighted by Gasteiger charge is 2.36. The maximum atomic E-state index is 13.7. The Morgan fingerprint density at radius 3 is 2.31 bits per heavy atom. The molecule has 1 aromatic heterocycles. The van der Waals surface area contributed by atoms with Gasteiger partial charge in [-0.2, -0.15) is 31.1 Å². The van der Waals surface area contributed by atoms with E-state index in [9.17, 15) is 31.1 Å². The number of allylic oxidation sites excluding steroid dienone is 6. The number of hydrogen-bond acceptors (Lipinski definition) is 6. The first kappa shape index (κ1) is 42.7. The molecule has 280 valence electrons. The van der Waals surface area contributed by atoms with Crippen LogP contribution in [0.3, 0.4) is 0 Å². The Morgan fingerprint density at radius 2 is 1.80 bits per heavy atom. The van der Waals surface area contributed by atoms with Gasteiger partial charge in [-0.15, -0.1) is 10.2 Å². The van der Waals surface area contributed by atoms with E-state index < -0.39 is 29.5 Å². The molecular formula is C38H49F6N5O2. The second-order valence-electron chi connectivity index (χ2n) is 12.3. The topological polar surface area (TPSA) is 73.1 Å². The summed E-state index contributed by atoms with van der Waals surface area (Å²) in [5.41, 5.74) is 2.04. The molecule has 51 heavy (non-hydrogen) atoms. The number of anilines is 1. The van der Waals surface area contributed by atoms with Gasteiger partial charge >= 0.3 is 18.3 Å². The molecule has 3 aromatic rings. The first-order valence-electron chi connectivity index (χ1n) is 16.9. The largest absolute Gasteiger partial charge is 0.465 e. The number of tetrazole rings is 1. The van der Waals surface area contributed by atoms with Crippen molar-refractivity contribution < 1.29 is 35.9 Å². The lowest BCUT2D eigenvalue weighted by Gasteiger charge is -2.29. The summed E-state index contributed by atoms with van der Waals surface area (Å²) in [6.07, 6.45) is 1.36. The van der Waals surface area contributed by atoms with Crippen LogP contribution in [-0.4, -0.2) is 46.0 Å². The fourth-order valence-corrected chi connectivity index (χ4v) is 5.62. The Bertz CT molecular complexity index is 1630. The maximum Gasteiger partial charge on any atom is 0.416 e. The van der Waals surface area contributed by atoms with Gasteiger partial charge in [-0.25, -0.2) is 4.79 Å². The van der Waals surface area contributed by atoms with Crippen LogP contribution in [0.1, 0.15) is 97.7 Å². The fourth-order valence-electron chi connectivity index (χ4n) is 5.62. The van der Waals surface area contributed by atoms with Crippen LogP contribution in [0.25, 0.3) is 0 Å². The summed E-state index contributed by atoms with van der Waals surface area (Å²) in [6, 6.07) is 10.2. The van der Waals surface area contributed by atoms with Gasteiger partial charge in [0.15, 0.2) is 5.82 Å². The Balaban J connectivity index is 0.000000368.